The second-order valence-corrected chi connectivity index (χ2v) is 5.15. The molecule has 0 aliphatic carbocycles. The van der Waals surface area contributed by atoms with Crippen molar-refractivity contribution in [3.05, 3.63) is 23.7 Å². The minimum Gasteiger partial charge on any atom is -0.463 e. The number of nitrogens with one attached hydrogen (secondary N) is 1. The van der Waals surface area contributed by atoms with E-state index >= 15 is 0 Å². The molecule has 1 saturated heterocycles. The van der Waals surface area contributed by atoms with Crippen molar-refractivity contribution < 1.29 is 13.9 Å². The van der Waals surface area contributed by atoms with Gasteiger partial charge in [-0.3, -0.25) is 4.90 Å². The lowest BCUT2D eigenvalue weighted by Gasteiger charge is -2.27. The van der Waals surface area contributed by atoms with Crippen LogP contribution in [0.25, 0.3) is 0 Å². The van der Waals surface area contributed by atoms with Gasteiger partial charge in [-0.25, -0.2) is 4.79 Å². The van der Waals surface area contributed by atoms with Gasteiger partial charge in [-0.2, -0.15) is 0 Å². The Morgan fingerprint density at radius 3 is 2.89 bits per heavy atom. The van der Waals surface area contributed by atoms with E-state index in [1.54, 1.807) is 6.07 Å². The van der Waals surface area contributed by atoms with Crippen LogP contribution in [0.4, 0.5) is 0 Å². The lowest BCUT2D eigenvalue weighted by Crippen LogP contribution is -2.34. The Morgan fingerprint density at radius 1 is 1.47 bits per heavy atom. The Labute approximate surface area is 113 Å². The van der Waals surface area contributed by atoms with E-state index in [-0.39, 0.29) is 5.76 Å². The minimum atomic E-state index is -0.424. The molecular formula is C14H22N2O3. The maximum atomic E-state index is 11.3. The van der Waals surface area contributed by atoms with Crippen molar-refractivity contribution in [3.63, 3.8) is 0 Å². The first-order valence-electron chi connectivity index (χ1n) is 6.75. The van der Waals surface area contributed by atoms with Gasteiger partial charge in [-0.15, -0.1) is 0 Å². The van der Waals surface area contributed by atoms with Crippen molar-refractivity contribution in [1.82, 2.24) is 10.2 Å². The summed E-state index contributed by atoms with van der Waals surface area (Å²) in [7, 11) is 3.44. The molecule has 0 radical (unpaired) electrons. The number of furan rings is 1. The minimum absolute atomic E-state index is 0.271. The predicted molar refractivity (Wildman–Crippen MR) is 72.0 cm³/mol. The highest BCUT2D eigenvalue weighted by molar-refractivity contribution is 5.86. The van der Waals surface area contributed by atoms with Gasteiger partial charge < -0.3 is 14.5 Å². The van der Waals surface area contributed by atoms with Crippen LogP contribution in [-0.2, 0) is 11.3 Å². The Kier molecular flexibility index (Phi) is 4.99. The van der Waals surface area contributed by atoms with Crippen LogP contribution in [-0.4, -0.2) is 44.7 Å². The number of esters is 1. The molecule has 0 aromatic carbocycles. The lowest BCUT2D eigenvalue weighted by atomic mass is 9.98. The second-order valence-electron chi connectivity index (χ2n) is 5.15. The van der Waals surface area contributed by atoms with Gasteiger partial charge in [0.15, 0.2) is 0 Å². The van der Waals surface area contributed by atoms with Gasteiger partial charge >= 0.3 is 5.97 Å². The largest absolute Gasteiger partial charge is 0.463 e. The van der Waals surface area contributed by atoms with Crippen molar-refractivity contribution in [2.75, 3.05) is 33.8 Å². The molecule has 5 nitrogen and oxygen atoms in total. The molecule has 1 aromatic heterocycles. The summed E-state index contributed by atoms with van der Waals surface area (Å²) in [6.07, 6.45) is 2.46. The number of nitrogens with zero attached hydrogens (tertiary/aromatic N) is 1. The topological polar surface area (TPSA) is 54.7 Å². The number of methoxy groups -OCH3 is 1. The molecule has 0 unspecified atom stereocenters. The number of hydrogen-bond acceptors (Lipinski definition) is 5. The van der Waals surface area contributed by atoms with E-state index < -0.39 is 5.97 Å². The third-order valence-corrected chi connectivity index (χ3v) is 3.50. The maximum absolute atomic E-state index is 11.3. The molecule has 0 spiro atoms. The van der Waals surface area contributed by atoms with Crippen LogP contribution in [0.1, 0.15) is 29.2 Å². The number of rotatable bonds is 5. The molecule has 19 heavy (non-hydrogen) atoms. The van der Waals surface area contributed by atoms with Crippen molar-refractivity contribution >= 4 is 5.97 Å². The molecule has 0 amide bonds. The molecule has 0 atom stereocenters. The highest BCUT2D eigenvalue weighted by Crippen LogP contribution is 2.15. The highest BCUT2D eigenvalue weighted by atomic mass is 16.5. The molecule has 2 heterocycles. The van der Waals surface area contributed by atoms with E-state index in [2.05, 4.69) is 22.0 Å². The van der Waals surface area contributed by atoms with Crippen molar-refractivity contribution in [1.29, 1.82) is 0 Å². The predicted octanol–water partition coefficient (Wildman–Crippen LogP) is 1.50. The zero-order valence-corrected chi connectivity index (χ0v) is 11.6. The average Bonchev–Trinajstić information content (AvgIpc) is 2.87. The molecule has 2 rings (SSSR count). The van der Waals surface area contributed by atoms with Crippen LogP contribution in [0.3, 0.4) is 0 Å². The van der Waals surface area contributed by atoms with Crippen LogP contribution in [0.2, 0.25) is 0 Å². The molecule has 0 bridgehead atoms. The number of piperidine rings is 1. The molecule has 106 valence electrons. The Morgan fingerprint density at radius 2 is 2.21 bits per heavy atom. The van der Waals surface area contributed by atoms with Gasteiger partial charge in [0.2, 0.25) is 5.76 Å². The van der Waals surface area contributed by atoms with Crippen LogP contribution < -0.4 is 5.32 Å². The van der Waals surface area contributed by atoms with Crippen LogP contribution in [0, 0.1) is 5.92 Å². The van der Waals surface area contributed by atoms with Gasteiger partial charge in [-0.05, 0) is 51.0 Å². The third kappa shape index (κ3) is 4.08. The van der Waals surface area contributed by atoms with Gasteiger partial charge in [-0.1, -0.05) is 0 Å². The van der Waals surface area contributed by atoms with E-state index in [0.717, 1.165) is 37.9 Å². The van der Waals surface area contributed by atoms with E-state index in [1.807, 2.05) is 6.07 Å². The monoisotopic (exact) mass is 266 g/mol. The number of ether oxygens (including phenoxy) is 1. The normalized spacial score (nSPS) is 16.8. The van der Waals surface area contributed by atoms with E-state index in [0.29, 0.717) is 0 Å². The number of carbonyl (C=O) groups is 1. The highest BCUT2D eigenvalue weighted by Gasteiger charge is 2.17. The SMILES string of the molecule is COC(=O)c1ccc(CN(C)CC2CCNCC2)o1. The first-order valence-corrected chi connectivity index (χ1v) is 6.75. The van der Waals surface area contributed by atoms with E-state index in [1.165, 1.54) is 20.0 Å². The summed E-state index contributed by atoms with van der Waals surface area (Å²) in [5.74, 6) is 1.40. The van der Waals surface area contributed by atoms with Gasteiger partial charge in [0.1, 0.15) is 5.76 Å². The first kappa shape index (κ1) is 14.1. The van der Waals surface area contributed by atoms with Gasteiger partial charge in [0, 0.05) is 6.54 Å². The Bertz CT molecular complexity index is 411. The van der Waals surface area contributed by atoms with Crippen LogP contribution in [0.5, 0.6) is 0 Å². The molecule has 1 aromatic rings. The maximum Gasteiger partial charge on any atom is 0.373 e. The van der Waals surface area contributed by atoms with E-state index in [9.17, 15) is 4.79 Å². The van der Waals surface area contributed by atoms with Crippen molar-refractivity contribution in [3.8, 4) is 0 Å². The molecule has 0 saturated carbocycles. The molecule has 1 N–H and O–H groups in total. The van der Waals surface area contributed by atoms with Crippen LogP contribution in [0.15, 0.2) is 16.5 Å². The summed E-state index contributed by atoms with van der Waals surface area (Å²) in [5, 5.41) is 3.37. The number of hydrogen-bond donors (Lipinski definition) is 1. The van der Waals surface area contributed by atoms with Crippen molar-refractivity contribution in [2.24, 2.45) is 5.92 Å². The van der Waals surface area contributed by atoms with Gasteiger partial charge in [0.05, 0.1) is 13.7 Å². The summed E-state index contributed by atoms with van der Waals surface area (Å²) in [6, 6.07) is 3.50. The Hall–Kier alpha value is -1.33. The smallest absolute Gasteiger partial charge is 0.373 e. The second kappa shape index (κ2) is 6.73. The average molecular weight is 266 g/mol. The molecule has 5 heteroatoms. The summed E-state index contributed by atoms with van der Waals surface area (Å²) < 4.78 is 10.1. The van der Waals surface area contributed by atoms with Crippen LogP contribution >= 0.6 is 0 Å². The van der Waals surface area contributed by atoms with Gasteiger partial charge in [0.25, 0.3) is 0 Å². The summed E-state index contributed by atoms with van der Waals surface area (Å²) in [4.78, 5) is 13.5. The number of carbonyl (C=O) groups excluding carboxylic acids is 1. The third-order valence-electron chi connectivity index (χ3n) is 3.50. The fourth-order valence-corrected chi connectivity index (χ4v) is 2.51. The quantitative estimate of drug-likeness (QED) is 0.818. The summed E-state index contributed by atoms with van der Waals surface area (Å²) in [5.41, 5.74) is 0. The summed E-state index contributed by atoms with van der Waals surface area (Å²) >= 11 is 0. The molecular weight excluding hydrogens is 244 g/mol. The zero-order chi connectivity index (χ0) is 13.7. The fourth-order valence-electron chi connectivity index (χ4n) is 2.51. The first-order chi connectivity index (χ1) is 9.19. The zero-order valence-electron chi connectivity index (χ0n) is 11.6. The molecule has 1 fully saturated rings. The van der Waals surface area contributed by atoms with Crippen molar-refractivity contribution in [2.45, 2.75) is 19.4 Å². The molecule has 1 aliphatic heterocycles. The molecule has 1 aliphatic rings. The summed E-state index contributed by atoms with van der Waals surface area (Å²) in [6.45, 7) is 4.02. The van der Waals surface area contributed by atoms with E-state index in [4.69, 9.17) is 4.42 Å². The Balaban J connectivity index is 1.82. The lowest BCUT2D eigenvalue weighted by molar-refractivity contribution is 0.0561. The fraction of sp³-hybridized carbons (Fsp3) is 0.643. The standard InChI is InChI=1S/C14H22N2O3/c1-16(9-11-5-7-15-8-6-11)10-12-3-4-13(19-12)14(17)18-2/h3-4,11,15H,5-10H2,1-2H3.